The van der Waals surface area contributed by atoms with Gasteiger partial charge in [0.25, 0.3) is 5.91 Å². The second-order valence-corrected chi connectivity index (χ2v) is 12.4. The molecule has 1 amide bonds. The first-order valence-corrected chi connectivity index (χ1v) is 14.7. The van der Waals surface area contributed by atoms with E-state index in [1.54, 1.807) is 6.20 Å². The van der Waals surface area contributed by atoms with Gasteiger partial charge >= 0.3 is 0 Å². The molecule has 9 nitrogen and oxygen atoms in total. The van der Waals surface area contributed by atoms with Crippen LogP contribution in [-0.4, -0.2) is 89.2 Å². The molecule has 0 unspecified atom stereocenters. The molecule has 4 heterocycles. The van der Waals surface area contributed by atoms with E-state index in [1.165, 1.54) is 24.5 Å². The number of aromatic nitrogens is 2. The van der Waals surface area contributed by atoms with Crippen molar-refractivity contribution < 1.29 is 18.7 Å². The van der Waals surface area contributed by atoms with Gasteiger partial charge in [-0.15, -0.1) is 0 Å². The van der Waals surface area contributed by atoms with Gasteiger partial charge < -0.3 is 29.9 Å². The van der Waals surface area contributed by atoms with Gasteiger partial charge in [-0.3, -0.25) is 4.79 Å². The molecule has 1 aromatic heterocycles. The number of rotatable bonds is 8. The lowest BCUT2D eigenvalue weighted by molar-refractivity contribution is -0.0277. The second-order valence-electron chi connectivity index (χ2n) is 12.4. The average Bonchev–Trinajstić information content (AvgIpc) is 3.75. The molecule has 0 radical (unpaired) electrons. The third kappa shape index (κ3) is 5.80. The number of amides is 1. The molecule has 3 aliphatic heterocycles. The maximum atomic E-state index is 14.3. The SMILES string of the molecule is CC(C)N(C(=O)c1cc(F)ccc1Oc1cncnc1N1CC2(CCN(C[C@@H]3CC[C@@H](N)CO3)CC2)C1)C1CC1. The van der Waals surface area contributed by atoms with Gasteiger partial charge in [-0.25, -0.2) is 14.4 Å². The summed E-state index contributed by atoms with van der Waals surface area (Å²) < 4.78 is 26.5. The van der Waals surface area contributed by atoms with E-state index >= 15 is 0 Å². The summed E-state index contributed by atoms with van der Waals surface area (Å²) in [6.45, 7) is 9.59. The minimum Gasteiger partial charge on any atom is -0.451 e. The molecule has 4 fully saturated rings. The molecule has 1 aromatic carbocycles. The smallest absolute Gasteiger partial charge is 0.258 e. The predicted molar refractivity (Wildman–Crippen MR) is 150 cm³/mol. The summed E-state index contributed by atoms with van der Waals surface area (Å²) in [7, 11) is 0. The minimum absolute atomic E-state index is 0.0175. The fraction of sp³-hybridized carbons (Fsp3) is 0.633. The molecule has 0 bridgehead atoms. The van der Waals surface area contributed by atoms with Gasteiger partial charge in [0.1, 0.15) is 17.9 Å². The number of nitrogens with two attached hydrogens (primary N) is 1. The van der Waals surface area contributed by atoms with Crippen LogP contribution in [0.2, 0.25) is 0 Å². The monoisotopic (exact) mass is 552 g/mol. The fourth-order valence-electron chi connectivity index (χ4n) is 6.51. The van der Waals surface area contributed by atoms with Gasteiger partial charge in [0.15, 0.2) is 11.6 Å². The summed E-state index contributed by atoms with van der Waals surface area (Å²) in [4.78, 5) is 28.8. The van der Waals surface area contributed by atoms with E-state index in [-0.39, 0.29) is 35.0 Å². The van der Waals surface area contributed by atoms with E-state index in [9.17, 15) is 9.18 Å². The van der Waals surface area contributed by atoms with Crippen molar-refractivity contribution >= 4 is 11.7 Å². The zero-order valence-corrected chi connectivity index (χ0v) is 23.6. The summed E-state index contributed by atoms with van der Waals surface area (Å²) in [6.07, 6.45) is 9.77. The molecule has 1 aliphatic carbocycles. The zero-order chi connectivity index (χ0) is 27.9. The Morgan fingerprint density at radius 2 is 1.98 bits per heavy atom. The topological polar surface area (TPSA) is 97.1 Å². The molecule has 2 atom stereocenters. The highest BCUT2D eigenvalue weighted by atomic mass is 19.1. The van der Waals surface area contributed by atoms with Crippen LogP contribution in [0.4, 0.5) is 10.2 Å². The molecule has 4 aliphatic rings. The molecular weight excluding hydrogens is 511 g/mol. The number of benzene rings is 1. The second kappa shape index (κ2) is 11.2. The van der Waals surface area contributed by atoms with Crippen molar-refractivity contribution in [2.45, 2.75) is 76.6 Å². The quantitative estimate of drug-likeness (QED) is 0.528. The van der Waals surface area contributed by atoms with E-state index in [1.807, 2.05) is 18.7 Å². The molecule has 2 N–H and O–H groups in total. The molecule has 10 heteroatoms. The van der Waals surface area contributed by atoms with Crippen molar-refractivity contribution in [3.63, 3.8) is 0 Å². The fourth-order valence-corrected chi connectivity index (χ4v) is 6.51. The standard InChI is InChI=1S/C30H41FN6O3/c1-20(2)37(23-5-6-23)29(38)25-13-21(31)3-8-26(25)40-27-14-33-19-34-28(27)36-17-30(18-36)9-11-35(12-10-30)15-24-7-4-22(32)16-39-24/h3,8,13-14,19-20,22-24H,4-7,9-12,15-18,32H2,1-2H3/t22-,24+/m1/s1. The number of likely N-dealkylation sites (tertiary alicyclic amines) is 1. The summed E-state index contributed by atoms with van der Waals surface area (Å²) in [5.41, 5.74) is 6.47. The lowest BCUT2D eigenvalue weighted by Gasteiger charge is -2.54. The Bertz CT molecular complexity index is 1200. The normalized spacial score (nSPS) is 24.7. The first kappa shape index (κ1) is 27.4. The van der Waals surface area contributed by atoms with Gasteiger partial charge in [0.05, 0.1) is 24.5 Å². The van der Waals surface area contributed by atoms with Crippen molar-refractivity contribution in [3.8, 4) is 11.5 Å². The maximum Gasteiger partial charge on any atom is 0.258 e. The summed E-state index contributed by atoms with van der Waals surface area (Å²) in [5, 5.41) is 0. The molecule has 216 valence electrons. The number of ether oxygens (including phenoxy) is 2. The average molecular weight is 553 g/mol. The molecule has 1 spiro atoms. The van der Waals surface area contributed by atoms with Crippen LogP contribution in [0.3, 0.4) is 0 Å². The van der Waals surface area contributed by atoms with E-state index in [2.05, 4.69) is 19.8 Å². The van der Waals surface area contributed by atoms with Gasteiger partial charge in [-0.05, 0) is 83.7 Å². The number of carbonyl (C=O) groups excluding carboxylic acids is 1. The van der Waals surface area contributed by atoms with Crippen LogP contribution < -0.4 is 15.4 Å². The van der Waals surface area contributed by atoms with Crippen molar-refractivity contribution in [1.29, 1.82) is 0 Å². The molecule has 40 heavy (non-hydrogen) atoms. The van der Waals surface area contributed by atoms with Crippen LogP contribution >= 0.6 is 0 Å². The van der Waals surface area contributed by atoms with E-state index in [0.29, 0.717) is 30.0 Å². The number of piperidine rings is 1. The Balaban J connectivity index is 1.11. The van der Waals surface area contributed by atoms with Crippen molar-refractivity contribution in [2.24, 2.45) is 11.1 Å². The lowest BCUT2D eigenvalue weighted by Crippen LogP contribution is -2.61. The summed E-state index contributed by atoms with van der Waals surface area (Å²) >= 11 is 0. The first-order chi connectivity index (χ1) is 19.3. The summed E-state index contributed by atoms with van der Waals surface area (Å²) in [5.74, 6) is 0.838. The van der Waals surface area contributed by atoms with Crippen LogP contribution in [0, 0.1) is 11.2 Å². The lowest BCUT2D eigenvalue weighted by atomic mass is 9.72. The molecule has 1 saturated carbocycles. The van der Waals surface area contributed by atoms with Gasteiger partial charge in [0, 0.05) is 43.2 Å². The summed E-state index contributed by atoms with van der Waals surface area (Å²) in [6, 6.07) is 4.54. The Morgan fingerprint density at radius 3 is 2.65 bits per heavy atom. The van der Waals surface area contributed by atoms with Gasteiger partial charge in [-0.1, -0.05) is 0 Å². The molecule has 6 rings (SSSR count). The number of nitrogens with zero attached hydrogens (tertiary/aromatic N) is 5. The van der Waals surface area contributed by atoms with Crippen LogP contribution in [0.15, 0.2) is 30.7 Å². The highest BCUT2D eigenvalue weighted by Gasteiger charge is 2.46. The van der Waals surface area contributed by atoms with Crippen molar-refractivity contribution in [3.05, 3.63) is 42.1 Å². The van der Waals surface area contributed by atoms with E-state index in [4.69, 9.17) is 15.2 Å². The van der Waals surface area contributed by atoms with Crippen molar-refractivity contribution in [2.75, 3.05) is 44.2 Å². The van der Waals surface area contributed by atoms with Crippen molar-refractivity contribution in [1.82, 2.24) is 19.8 Å². The Hall–Kier alpha value is -2.82. The minimum atomic E-state index is -0.464. The van der Waals surface area contributed by atoms with Crippen LogP contribution in [-0.2, 0) is 4.74 Å². The Labute approximate surface area is 235 Å². The number of halogens is 1. The Morgan fingerprint density at radius 1 is 1.20 bits per heavy atom. The maximum absolute atomic E-state index is 14.3. The highest BCUT2D eigenvalue weighted by Crippen LogP contribution is 2.45. The molecule has 2 aromatic rings. The van der Waals surface area contributed by atoms with E-state index < -0.39 is 5.82 Å². The third-order valence-corrected chi connectivity index (χ3v) is 8.92. The third-order valence-electron chi connectivity index (χ3n) is 8.92. The van der Waals surface area contributed by atoms with Gasteiger partial charge in [0.2, 0.25) is 0 Å². The van der Waals surface area contributed by atoms with Crippen LogP contribution in [0.25, 0.3) is 0 Å². The number of anilines is 1. The number of hydrogen-bond acceptors (Lipinski definition) is 8. The van der Waals surface area contributed by atoms with Gasteiger partial charge in [-0.2, -0.15) is 0 Å². The predicted octanol–water partition coefficient (Wildman–Crippen LogP) is 3.83. The van der Waals surface area contributed by atoms with Crippen LogP contribution in [0.1, 0.15) is 62.7 Å². The zero-order valence-electron chi connectivity index (χ0n) is 23.6. The first-order valence-electron chi connectivity index (χ1n) is 14.7. The number of carbonyl (C=O) groups is 1. The number of hydrogen-bond donors (Lipinski definition) is 1. The molecule has 3 saturated heterocycles. The Kier molecular flexibility index (Phi) is 7.67. The van der Waals surface area contributed by atoms with Crippen LogP contribution in [0.5, 0.6) is 11.5 Å². The largest absolute Gasteiger partial charge is 0.451 e. The molecular formula is C30H41FN6O3. The van der Waals surface area contributed by atoms with E-state index in [0.717, 1.165) is 71.2 Å². The highest BCUT2D eigenvalue weighted by molar-refractivity contribution is 5.97.